The molecule has 1 aliphatic rings. The first-order valence-electron chi connectivity index (χ1n) is 7.76. The van der Waals surface area contributed by atoms with E-state index in [1.807, 2.05) is 0 Å². The van der Waals surface area contributed by atoms with Crippen LogP contribution in [-0.2, 0) is 6.42 Å². The van der Waals surface area contributed by atoms with E-state index in [1.54, 1.807) is 11.1 Å². The molecule has 1 aromatic rings. The SMILES string of the molecule is CNC1c2ccccc2CCCC1CCC(C)(C)C. The van der Waals surface area contributed by atoms with E-state index >= 15 is 0 Å². The third-order valence-electron chi connectivity index (χ3n) is 4.46. The smallest absolute Gasteiger partial charge is 0.0348 e. The van der Waals surface area contributed by atoms with Crippen molar-refractivity contribution in [3.63, 3.8) is 0 Å². The van der Waals surface area contributed by atoms with Gasteiger partial charge in [0.2, 0.25) is 0 Å². The van der Waals surface area contributed by atoms with Crippen molar-refractivity contribution in [2.45, 2.75) is 58.9 Å². The largest absolute Gasteiger partial charge is 0.313 e. The Kier molecular flexibility index (Phi) is 4.67. The summed E-state index contributed by atoms with van der Waals surface area (Å²) < 4.78 is 0. The predicted octanol–water partition coefficient (Wildman–Crippen LogP) is 4.73. The number of hydrogen-bond donors (Lipinski definition) is 1. The van der Waals surface area contributed by atoms with Gasteiger partial charge in [0.25, 0.3) is 0 Å². The number of aryl methyl sites for hydroxylation is 1. The van der Waals surface area contributed by atoms with Gasteiger partial charge in [0, 0.05) is 6.04 Å². The molecule has 0 fully saturated rings. The highest BCUT2D eigenvalue weighted by atomic mass is 14.9. The van der Waals surface area contributed by atoms with Gasteiger partial charge in [0.1, 0.15) is 0 Å². The van der Waals surface area contributed by atoms with Crippen LogP contribution in [0.15, 0.2) is 24.3 Å². The molecule has 0 bridgehead atoms. The minimum atomic E-state index is 0.449. The molecule has 1 heteroatoms. The van der Waals surface area contributed by atoms with Gasteiger partial charge in [-0.05, 0) is 61.6 Å². The van der Waals surface area contributed by atoms with Gasteiger partial charge in [-0.15, -0.1) is 0 Å². The average molecular weight is 259 g/mol. The molecule has 106 valence electrons. The Balaban J connectivity index is 2.16. The molecule has 0 spiro atoms. The average Bonchev–Trinajstić information content (AvgIpc) is 2.54. The van der Waals surface area contributed by atoms with Gasteiger partial charge in [-0.2, -0.15) is 0 Å². The summed E-state index contributed by atoms with van der Waals surface area (Å²) in [4.78, 5) is 0. The summed E-state index contributed by atoms with van der Waals surface area (Å²) >= 11 is 0. The Morgan fingerprint density at radius 1 is 1.21 bits per heavy atom. The molecule has 1 aromatic carbocycles. The number of benzene rings is 1. The molecule has 1 N–H and O–H groups in total. The number of rotatable bonds is 3. The monoisotopic (exact) mass is 259 g/mol. The molecule has 1 nitrogen and oxygen atoms in total. The zero-order valence-electron chi connectivity index (χ0n) is 13.0. The van der Waals surface area contributed by atoms with Gasteiger partial charge < -0.3 is 5.32 Å². The van der Waals surface area contributed by atoms with Crippen molar-refractivity contribution in [3.8, 4) is 0 Å². The number of fused-ring (bicyclic) bond motifs is 1. The maximum atomic E-state index is 3.59. The summed E-state index contributed by atoms with van der Waals surface area (Å²) in [5.74, 6) is 0.785. The molecule has 0 aromatic heterocycles. The molecule has 0 amide bonds. The third kappa shape index (κ3) is 3.82. The fourth-order valence-electron chi connectivity index (χ4n) is 3.36. The fourth-order valence-corrected chi connectivity index (χ4v) is 3.36. The van der Waals surface area contributed by atoms with Gasteiger partial charge in [-0.1, -0.05) is 45.0 Å². The summed E-state index contributed by atoms with van der Waals surface area (Å²) in [6, 6.07) is 9.55. The summed E-state index contributed by atoms with van der Waals surface area (Å²) in [6.07, 6.45) is 6.60. The molecule has 0 saturated heterocycles. The second-order valence-corrected chi connectivity index (χ2v) is 7.22. The highest BCUT2D eigenvalue weighted by molar-refractivity contribution is 5.31. The van der Waals surface area contributed by atoms with E-state index in [4.69, 9.17) is 0 Å². The summed E-state index contributed by atoms with van der Waals surface area (Å²) in [7, 11) is 2.12. The zero-order valence-corrected chi connectivity index (χ0v) is 13.0. The van der Waals surface area contributed by atoms with E-state index < -0.39 is 0 Å². The quantitative estimate of drug-likeness (QED) is 0.774. The van der Waals surface area contributed by atoms with Gasteiger partial charge in [-0.3, -0.25) is 0 Å². The van der Waals surface area contributed by atoms with Gasteiger partial charge >= 0.3 is 0 Å². The fraction of sp³-hybridized carbons (Fsp3) is 0.667. The van der Waals surface area contributed by atoms with Gasteiger partial charge in [-0.25, -0.2) is 0 Å². The minimum absolute atomic E-state index is 0.449. The molecule has 2 unspecified atom stereocenters. The maximum Gasteiger partial charge on any atom is 0.0348 e. The lowest BCUT2D eigenvalue weighted by molar-refractivity contribution is 0.271. The lowest BCUT2D eigenvalue weighted by atomic mass is 9.81. The standard InChI is InChI=1S/C18H29N/c1-18(2,3)13-12-15-10-7-9-14-8-5-6-11-16(14)17(15)19-4/h5-6,8,11,15,17,19H,7,9-10,12-13H2,1-4H3. The molecule has 0 radical (unpaired) electrons. The topological polar surface area (TPSA) is 12.0 Å². The van der Waals surface area contributed by atoms with E-state index in [9.17, 15) is 0 Å². The molecule has 1 aliphatic carbocycles. The molecule has 19 heavy (non-hydrogen) atoms. The van der Waals surface area contributed by atoms with Crippen molar-refractivity contribution in [1.82, 2.24) is 5.32 Å². The predicted molar refractivity (Wildman–Crippen MR) is 83.4 cm³/mol. The van der Waals surface area contributed by atoms with Crippen molar-refractivity contribution >= 4 is 0 Å². The van der Waals surface area contributed by atoms with Crippen LogP contribution in [0.2, 0.25) is 0 Å². The molecule has 2 rings (SSSR count). The Labute approximate surface area is 118 Å². The third-order valence-corrected chi connectivity index (χ3v) is 4.46. The van der Waals surface area contributed by atoms with Crippen LogP contribution < -0.4 is 5.32 Å². The minimum Gasteiger partial charge on any atom is -0.313 e. The molecular formula is C18H29N. The van der Waals surface area contributed by atoms with Crippen LogP contribution >= 0.6 is 0 Å². The first kappa shape index (κ1) is 14.6. The van der Waals surface area contributed by atoms with Crippen molar-refractivity contribution in [3.05, 3.63) is 35.4 Å². The van der Waals surface area contributed by atoms with Crippen molar-refractivity contribution in [2.75, 3.05) is 7.05 Å². The van der Waals surface area contributed by atoms with Crippen LogP contribution in [0, 0.1) is 11.3 Å². The Morgan fingerprint density at radius 3 is 2.63 bits per heavy atom. The molecule has 0 aliphatic heterocycles. The highest BCUT2D eigenvalue weighted by Crippen LogP contribution is 2.37. The number of nitrogens with one attached hydrogen (secondary N) is 1. The normalized spacial score (nSPS) is 23.8. The van der Waals surface area contributed by atoms with Crippen LogP contribution in [0.5, 0.6) is 0 Å². The second kappa shape index (κ2) is 6.09. The van der Waals surface area contributed by atoms with Crippen LogP contribution in [0.4, 0.5) is 0 Å². The van der Waals surface area contributed by atoms with Crippen LogP contribution in [0.1, 0.15) is 63.6 Å². The van der Waals surface area contributed by atoms with Crippen LogP contribution in [-0.4, -0.2) is 7.05 Å². The summed E-state index contributed by atoms with van der Waals surface area (Å²) in [6.45, 7) is 7.06. The highest BCUT2D eigenvalue weighted by Gasteiger charge is 2.27. The van der Waals surface area contributed by atoms with E-state index in [0.717, 1.165) is 5.92 Å². The molecule has 2 atom stereocenters. The summed E-state index contributed by atoms with van der Waals surface area (Å²) in [5, 5.41) is 3.59. The van der Waals surface area contributed by atoms with E-state index in [2.05, 4.69) is 57.4 Å². The van der Waals surface area contributed by atoms with Gasteiger partial charge in [0.05, 0.1) is 0 Å². The Morgan fingerprint density at radius 2 is 1.95 bits per heavy atom. The Bertz CT molecular complexity index is 402. The van der Waals surface area contributed by atoms with Crippen LogP contribution in [0.3, 0.4) is 0 Å². The second-order valence-electron chi connectivity index (χ2n) is 7.22. The summed E-state index contributed by atoms with van der Waals surface area (Å²) in [5.41, 5.74) is 3.55. The maximum absolute atomic E-state index is 3.59. The lowest BCUT2D eigenvalue weighted by Gasteiger charge is -2.29. The Hall–Kier alpha value is -0.820. The van der Waals surface area contributed by atoms with Crippen molar-refractivity contribution < 1.29 is 0 Å². The number of hydrogen-bond acceptors (Lipinski definition) is 1. The van der Waals surface area contributed by atoms with Crippen LogP contribution in [0.25, 0.3) is 0 Å². The van der Waals surface area contributed by atoms with Gasteiger partial charge in [0.15, 0.2) is 0 Å². The molecule has 0 heterocycles. The van der Waals surface area contributed by atoms with Crippen molar-refractivity contribution in [1.29, 1.82) is 0 Å². The van der Waals surface area contributed by atoms with E-state index in [-0.39, 0.29) is 0 Å². The molecule has 0 saturated carbocycles. The zero-order chi connectivity index (χ0) is 13.9. The molecular weight excluding hydrogens is 230 g/mol. The van der Waals surface area contributed by atoms with E-state index in [0.29, 0.717) is 11.5 Å². The lowest BCUT2D eigenvalue weighted by Crippen LogP contribution is -2.26. The van der Waals surface area contributed by atoms with E-state index in [1.165, 1.54) is 32.1 Å². The van der Waals surface area contributed by atoms with Crippen molar-refractivity contribution in [2.24, 2.45) is 11.3 Å². The first-order chi connectivity index (χ1) is 9.01. The first-order valence-corrected chi connectivity index (χ1v) is 7.76.